The summed E-state index contributed by atoms with van der Waals surface area (Å²) in [7, 11) is 0. The van der Waals surface area contributed by atoms with Gasteiger partial charge in [-0.2, -0.15) is 0 Å². The number of aryl methyl sites for hydroxylation is 1. The van der Waals surface area contributed by atoms with E-state index in [2.05, 4.69) is 47.1 Å². The number of H-pyrrole nitrogens is 1. The van der Waals surface area contributed by atoms with E-state index in [0.29, 0.717) is 0 Å². The van der Waals surface area contributed by atoms with Gasteiger partial charge in [0.15, 0.2) is 0 Å². The lowest BCUT2D eigenvalue weighted by atomic mass is 9.94. The number of aromatic nitrogens is 1. The first-order valence-electron chi connectivity index (χ1n) is 8.34. The van der Waals surface area contributed by atoms with E-state index in [9.17, 15) is 0 Å². The molecule has 3 heterocycles. The second-order valence-electron chi connectivity index (χ2n) is 6.59. The average molecular weight is 280 g/mol. The molecule has 0 saturated heterocycles. The number of benzene rings is 1. The van der Waals surface area contributed by atoms with E-state index in [0.717, 1.165) is 5.92 Å². The van der Waals surface area contributed by atoms with Crippen LogP contribution in [0.5, 0.6) is 0 Å². The molecule has 0 amide bonds. The minimum atomic E-state index is 0.742. The topological polar surface area (TPSA) is 19.0 Å². The summed E-state index contributed by atoms with van der Waals surface area (Å²) in [5.74, 6) is 0.742. The smallest absolute Gasteiger partial charge is 0.0458 e. The van der Waals surface area contributed by atoms with Gasteiger partial charge in [-0.1, -0.05) is 36.8 Å². The lowest BCUT2D eigenvalue weighted by Crippen LogP contribution is -2.35. The maximum absolute atomic E-state index is 3.68. The number of hydrogen-bond acceptors (Lipinski definition) is 1. The number of aromatic amines is 1. The Morgan fingerprint density at radius 1 is 1.24 bits per heavy atom. The lowest BCUT2D eigenvalue weighted by molar-refractivity contribution is 0.249. The molecule has 0 saturated carbocycles. The zero-order chi connectivity index (χ0) is 14.2. The van der Waals surface area contributed by atoms with Crippen molar-refractivity contribution in [3.05, 3.63) is 47.2 Å². The van der Waals surface area contributed by atoms with Gasteiger partial charge in [0.25, 0.3) is 0 Å². The van der Waals surface area contributed by atoms with Gasteiger partial charge in [-0.05, 0) is 43.2 Å². The molecule has 110 valence electrons. The molecule has 1 aromatic carbocycles. The Morgan fingerprint density at radius 3 is 3.05 bits per heavy atom. The van der Waals surface area contributed by atoms with Gasteiger partial charge in [-0.15, -0.1) is 0 Å². The first kappa shape index (κ1) is 13.1. The third-order valence-electron chi connectivity index (χ3n) is 5.19. The van der Waals surface area contributed by atoms with Crippen LogP contribution in [0.15, 0.2) is 35.9 Å². The van der Waals surface area contributed by atoms with Crippen LogP contribution in [0.4, 0.5) is 0 Å². The number of nitrogens with zero attached hydrogens (tertiary/aromatic N) is 1. The van der Waals surface area contributed by atoms with E-state index in [-0.39, 0.29) is 0 Å². The zero-order valence-electron chi connectivity index (χ0n) is 12.9. The largest absolute Gasteiger partial charge is 0.358 e. The van der Waals surface area contributed by atoms with Crippen LogP contribution in [0.1, 0.15) is 31.0 Å². The van der Waals surface area contributed by atoms with Gasteiger partial charge in [-0.3, -0.25) is 4.90 Å². The molecule has 2 heteroatoms. The molecule has 2 bridgehead atoms. The molecule has 2 nitrogen and oxygen atoms in total. The third kappa shape index (κ3) is 2.42. The van der Waals surface area contributed by atoms with E-state index < -0.39 is 0 Å². The summed E-state index contributed by atoms with van der Waals surface area (Å²) in [4.78, 5) is 6.34. The molecule has 4 rings (SSSR count). The molecule has 0 spiro atoms. The fourth-order valence-electron chi connectivity index (χ4n) is 4.05. The van der Waals surface area contributed by atoms with Crippen LogP contribution in [-0.2, 0) is 12.8 Å². The zero-order valence-corrected chi connectivity index (χ0v) is 12.9. The Labute approximate surface area is 126 Å². The fraction of sp³-hybridized carbons (Fsp3) is 0.474. The van der Waals surface area contributed by atoms with Crippen molar-refractivity contribution in [1.29, 1.82) is 0 Å². The van der Waals surface area contributed by atoms with E-state index in [4.69, 9.17) is 0 Å². The Bertz CT molecular complexity index is 680. The standard InChI is InChI=1S/C19H24N2/c1-2-14-11-15-7-8-19-17(9-10-21(12-14)13-15)16-5-3-4-6-18(16)20-19/h3-6,11,15,20H,2,7-10,12-13H2,1H3/t15-/m0/s1. The summed E-state index contributed by atoms with van der Waals surface area (Å²) in [5.41, 5.74) is 6.00. The molecule has 1 aromatic heterocycles. The van der Waals surface area contributed by atoms with Crippen molar-refractivity contribution in [3.63, 3.8) is 0 Å². The third-order valence-corrected chi connectivity index (χ3v) is 5.19. The van der Waals surface area contributed by atoms with E-state index >= 15 is 0 Å². The van der Waals surface area contributed by atoms with Crippen molar-refractivity contribution in [2.24, 2.45) is 5.92 Å². The van der Waals surface area contributed by atoms with Crippen LogP contribution >= 0.6 is 0 Å². The molecule has 2 atom stereocenters. The van der Waals surface area contributed by atoms with Crippen molar-refractivity contribution in [1.82, 2.24) is 9.88 Å². The van der Waals surface area contributed by atoms with E-state index in [1.807, 2.05) is 0 Å². The Kier molecular flexibility index (Phi) is 3.34. The summed E-state index contributed by atoms with van der Waals surface area (Å²) >= 11 is 0. The van der Waals surface area contributed by atoms with Gasteiger partial charge in [-0.25, -0.2) is 0 Å². The molecular weight excluding hydrogens is 256 g/mol. The van der Waals surface area contributed by atoms with Gasteiger partial charge < -0.3 is 4.98 Å². The predicted octanol–water partition coefficient (Wildman–Crippen LogP) is 3.92. The highest BCUT2D eigenvalue weighted by atomic mass is 15.1. The van der Waals surface area contributed by atoms with Crippen LogP contribution < -0.4 is 0 Å². The van der Waals surface area contributed by atoms with E-state index in [1.165, 1.54) is 61.9 Å². The molecular formula is C19H24N2. The second kappa shape index (κ2) is 5.34. The van der Waals surface area contributed by atoms with Crippen LogP contribution in [0.25, 0.3) is 10.9 Å². The SMILES string of the molecule is CCC1=C[C@@H]2CCc3[nH]c4ccccc4c3CCN(C1)C2. The van der Waals surface area contributed by atoms with Gasteiger partial charge >= 0.3 is 0 Å². The minimum absolute atomic E-state index is 0.742. The van der Waals surface area contributed by atoms with Crippen molar-refractivity contribution in [3.8, 4) is 0 Å². The van der Waals surface area contributed by atoms with Crippen LogP contribution in [0.2, 0.25) is 0 Å². The highest BCUT2D eigenvalue weighted by Crippen LogP contribution is 2.29. The maximum atomic E-state index is 3.68. The molecule has 0 radical (unpaired) electrons. The highest BCUT2D eigenvalue weighted by Gasteiger charge is 2.23. The predicted molar refractivity (Wildman–Crippen MR) is 88.6 cm³/mol. The first-order valence-corrected chi connectivity index (χ1v) is 8.34. The average Bonchev–Trinajstić information content (AvgIpc) is 2.89. The summed E-state index contributed by atoms with van der Waals surface area (Å²) in [6.07, 6.45) is 7.42. The molecule has 2 aliphatic rings. The molecule has 1 unspecified atom stereocenters. The number of hydrogen-bond donors (Lipinski definition) is 1. The Balaban J connectivity index is 1.70. The molecule has 2 aromatic rings. The van der Waals surface area contributed by atoms with Crippen molar-refractivity contribution < 1.29 is 0 Å². The summed E-state index contributed by atoms with van der Waals surface area (Å²) in [5, 5.41) is 1.44. The minimum Gasteiger partial charge on any atom is -0.358 e. The quantitative estimate of drug-likeness (QED) is 0.784. The monoisotopic (exact) mass is 280 g/mol. The number of nitrogens with one attached hydrogen (secondary N) is 1. The highest BCUT2D eigenvalue weighted by molar-refractivity contribution is 5.84. The van der Waals surface area contributed by atoms with Crippen LogP contribution in [0, 0.1) is 5.92 Å². The lowest BCUT2D eigenvalue weighted by Gasteiger charge is -2.31. The maximum Gasteiger partial charge on any atom is 0.0458 e. The van der Waals surface area contributed by atoms with Gasteiger partial charge in [0.05, 0.1) is 0 Å². The fourth-order valence-corrected chi connectivity index (χ4v) is 4.05. The first-order chi connectivity index (χ1) is 10.3. The number of fused-ring (bicyclic) bond motifs is 5. The normalized spacial score (nSPS) is 25.7. The van der Waals surface area contributed by atoms with E-state index in [1.54, 1.807) is 11.1 Å². The molecule has 1 N–H and O–H groups in total. The van der Waals surface area contributed by atoms with Crippen molar-refractivity contribution in [2.75, 3.05) is 19.6 Å². The molecule has 2 aliphatic heterocycles. The van der Waals surface area contributed by atoms with Crippen LogP contribution in [-0.4, -0.2) is 29.5 Å². The van der Waals surface area contributed by atoms with Crippen LogP contribution in [0.3, 0.4) is 0 Å². The molecule has 0 aliphatic carbocycles. The summed E-state index contributed by atoms with van der Waals surface area (Å²) < 4.78 is 0. The van der Waals surface area contributed by atoms with Crippen molar-refractivity contribution >= 4 is 10.9 Å². The van der Waals surface area contributed by atoms with Gasteiger partial charge in [0.2, 0.25) is 0 Å². The number of para-hydroxylation sites is 1. The summed E-state index contributed by atoms with van der Waals surface area (Å²) in [6.45, 7) is 5.93. The molecule has 21 heavy (non-hydrogen) atoms. The van der Waals surface area contributed by atoms with Crippen molar-refractivity contribution in [2.45, 2.75) is 32.6 Å². The van der Waals surface area contributed by atoms with Gasteiger partial charge in [0, 0.05) is 36.2 Å². The molecule has 0 fully saturated rings. The Hall–Kier alpha value is -1.54. The Morgan fingerprint density at radius 2 is 2.14 bits per heavy atom. The van der Waals surface area contributed by atoms with Gasteiger partial charge in [0.1, 0.15) is 0 Å². The second-order valence-corrected chi connectivity index (χ2v) is 6.59. The summed E-state index contributed by atoms with van der Waals surface area (Å²) in [6, 6.07) is 8.79. The number of rotatable bonds is 1.